The van der Waals surface area contributed by atoms with E-state index < -0.39 is 6.10 Å². The van der Waals surface area contributed by atoms with Crippen molar-refractivity contribution in [1.29, 1.82) is 0 Å². The summed E-state index contributed by atoms with van der Waals surface area (Å²) in [7, 11) is 0. The highest BCUT2D eigenvalue weighted by Gasteiger charge is 2.24. The third kappa shape index (κ3) is 6.08. The molecular weight excluding hydrogens is 206 g/mol. The molecule has 96 valence electrons. The molecule has 0 bridgehead atoms. The molecule has 2 atom stereocenters. The summed E-state index contributed by atoms with van der Waals surface area (Å²) >= 11 is 0. The Labute approximate surface area is 98.5 Å². The van der Waals surface area contributed by atoms with Crippen LogP contribution in [0.1, 0.15) is 47.0 Å². The Morgan fingerprint density at radius 1 is 1.38 bits per heavy atom. The van der Waals surface area contributed by atoms with Gasteiger partial charge in [-0.3, -0.25) is 0 Å². The molecule has 0 heterocycles. The van der Waals surface area contributed by atoms with E-state index in [0.29, 0.717) is 19.6 Å². The Morgan fingerprint density at radius 2 is 2.00 bits per heavy atom. The summed E-state index contributed by atoms with van der Waals surface area (Å²) in [5.74, 6) is -0.281. The van der Waals surface area contributed by atoms with Crippen LogP contribution in [0.2, 0.25) is 0 Å². The number of hydrogen-bond acceptors (Lipinski definition) is 4. The largest absolute Gasteiger partial charge is 0.464 e. The predicted octanol–water partition coefficient (Wildman–Crippen LogP) is 1.86. The van der Waals surface area contributed by atoms with E-state index in [2.05, 4.69) is 0 Å². The lowest BCUT2D eigenvalue weighted by atomic mass is 10.0. The van der Waals surface area contributed by atoms with Gasteiger partial charge in [0.1, 0.15) is 0 Å². The molecule has 0 aliphatic heterocycles. The average molecular weight is 231 g/mol. The first-order chi connectivity index (χ1) is 7.46. The minimum atomic E-state index is -0.473. The van der Waals surface area contributed by atoms with Crippen molar-refractivity contribution in [3.8, 4) is 0 Å². The van der Waals surface area contributed by atoms with Crippen LogP contribution in [0.4, 0.5) is 0 Å². The molecule has 2 unspecified atom stereocenters. The summed E-state index contributed by atoms with van der Waals surface area (Å²) < 4.78 is 10.5. The Balaban J connectivity index is 4.17. The van der Waals surface area contributed by atoms with Crippen LogP contribution in [0, 0.1) is 0 Å². The van der Waals surface area contributed by atoms with E-state index in [4.69, 9.17) is 15.2 Å². The fraction of sp³-hybridized carbons (Fsp3) is 0.917. The molecule has 0 aromatic heterocycles. The zero-order valence-corrected chi connectivity index (χ0v) is 10.9. The third-order valence-corrected chi connectivity index (χ3v) is 2.52. The number of esters is 1. The maximum Gasteiger partial charge on any atom is 0.335 e. The summed E-state index contributed by atoms with van der Waals surface area (Å²) in [4.78, 5) is 11.6. The molecular formula is C12H25NO3. The molecule has 4 nitrogen and oxygen atoms in total. The van der Waals surface area contributed by atoms with Crippen LogP contribution >= 0.6 is 0 Å². The molecule has 16 heavy (non-hydrogen) atoms. The van der Waals surface area contributed by atoms with Gasteiger partial charge in [0.25, 0.3) is 0 Å². The van der Waals surface area contributed by atoms with Crippen LogP contribution in [0.3, 0.4) is 0 Å². The Kier molecular flexibility index (Phi) is 7.34. The monoisotopic (exact) mass is 231 g/mol. The van der Waals surface area contributed by atoms with Gasteiger partial charge in [0.15, 0.2) is 6.10 Å². The normalized spacial score (nSPS) is 16.6. The quantitative estimate of drug-likeness (QED) is 0.648. The van der Waals surface area contributed by atoms with Gasteiger partial charge in [0.2, 0.25) is 0 Å². The van der Waals surface area contributed by atoms with Crippen LogP contribution < -0.4 is 5.73 Å². The summed E-state index contributed by atoms with van der Waals surface area (Å²) in [6.07, 6.45) is 1.91. The lowest BCUT2D eigenvalue weighted by molar-refractivity contribution is -0.158. The second-order valence-corrected chi connectivity index (χ2v) is 4.35. The van der Waals surface area contributed by atoms with E-state index in [-0.39, 0.29) is 11.5 Å². The smallest absolute Gasteiger partial charge is 0.335 e. The molecule has 0 radical (unpaired) electrons. The van der Waals surface area contributed by atoms with Gasteiger partial charge in [0.05, 0.1) is 13.2 Å². The number of rotatable bonds is 8. The lowest BCUT2D eigenvalue weighted by Crippen LogP contribution is -2.43. The molecule has 0 rings (SSSR count). The van der Waals surface area contributed by atoms with Gasteiger partial charge in [-0.15, -0.1) is 0 Å². The molecule has 0 saturated carbocycles. The second-order valence-electron chi connectivity index (χ2n) is 4.35. The van der Waals surface area contributed by atoms with Crippen LogP contribution in [-0.4, -0.2) is 30.8 Å². The third-order valence-electron chi connectivity index (χ3n) is 2.52. The standard InChI is InChI=1S/C12H25NO3/c1-5-8-10(11(14)15-7-3)16-9-12(4,13)6-2/h10H,5-9,13H2,1-4H3. The molecule has 0 saturated heterocycles. The van der Waals surface area contributed by atoms with Crippen molar-refractivity contribution < 1.29 is 14.3 Å². The highest BCUT2D eigenvalue weighted by molar-refractivity contribution is 5.74. The zero-order valence-electron chi connectivity index (χ0n) is 10.9. The van der Waals surface area contributed by atoms with E-state index in [0.717, 1.165) is 12.8 Å². The number of hydrogen-bond donors (Lipinski definition) is 1. The summed E-state index contributed by atoms with van der Waals surface area (Å²) in [5.41, 5.74) is 5.58. The highest BCUT2D eigenvalue weighted by atomic mass is 16.6. The van der Waals surface area contributed by atoms with E-state index in [9.17, 15) is 4.79 Å². The topological polar surface area (TPSA) is 61.5 Å². The molecule has 0 amide bonds. The molecule has 4 heteroatoms. The van der Waals surface area contributed by atoms with Crippen molar-refractivity contribution in [2.24, 2.45) is 5.73 Å². The molecule has 0 aliphatic rings. The van der Waals surface area contributed by atoms with Gasteiger partial charge in [-0.2, -0.15) is 0 Å². The minimum Gasteiger partial charge on any atom is -0.464 e. The first-order valence-electron chi connectivity index (χ1n) is 6.04. The number of carbonyl (C=O) groups is 1. The Bertz CT molecular complexity index is 204. The van der Waals surface area contributed by atoms with Crippen LogP contribution in [0.5, 0.6) is 0 Å². The molecule has 0 aliphatic carbocycles. The maximum atomic E-state index is 11.6. The van der Waals surface area contributed by atoms with Gasteiger partial charge >= 0.3 is 5.97 Å². The molecule has 0 spiro atoms. The van der Waals surface area contributed by atoms with Gasteiger partial charge in [-0.05, 0) is 26.7 Å². The summed E-state index contributed by atoms with van der Waals surface area (Å²) in [6, 6.07) is 0. The van der Waals surface area contributed by atoms with Crippen molar-refractivity contribution in [3.05, 3.63) is 0 Å². The molecule has 0 fully saturated rings. The lowest BCUT2D eigenvalue weighted by Gasteiger charge is -2.25. The summed E-state index contributed by atoms with van der Waals surface area (Å²) in [5, 5.41) is 0. The van der Waals surface area contributed by atoms with Crippen molar-refractivity contribution in [2.45, 2.75) is 58.6 Å². The average Bonchev–Trinajstić information content (AvgIpc) is 2.24. The molecule has 0 aromatic rings. The fourth-order valence-electron chi connectivity index (χ4n) is 1.16. The second kappa shape index (κ2) is 7.63. The van der Waals surface area contributed by atoms with E-state index in [1.807, 2.05) is 20.8 Å². The maximum absolute atomic E-state index is 11.6. The molecule has 2 N–H and O–H groups in total. The zero-order chi connectivity index (χ0) is 12.6. The number of nitrogens with two attached hydrogens (primary N) is 1. The number of ether oxygens (including phenoxy) is 2. The Hall–Kier alpha value is -0.610. The first-order valence-corrected chi connectivity index (χ1v) is 6.04. The Morgan fingerprint density at radius 3 is 2.44 bits per heavy atom. The van der Waals surface area contributed by atoms with Crippen LogP contribution in [-0.2, 0) is 14.3 Å². The predicted molar refractivity (Wildman–Crippen MR) is 64.2 cm³/mol. The molecule has 0 aromatic carbocycles. The highest BCUT2D eigenvalue weighted by Crippen LogP contribution is 2.11. The number of carbonyl (C=O) groups excluding carboxylic acids is 1. The van der Waals surface area contributed by atoms with E-state index in [1.54, 1.807) is 6.92 Å². The fourth-order valence-corrected chi connectivity index (χ4v) is 1.16. The van der Waals surface area contributed by atoms with Crippen LogP contribution in [0.25, 0.3) is 0 Å². The van der Waals surface area contributed by atoms with Crippen molar-refractivity contribution in [2.75, 3.05) is 13.2 Å². The van der Waals surface area contributed by atoms with E-state index in [1.165, 1.54) is 0 Å². The van der Waals surface area contributed by atoms with Crippen LogP contribution in [0.15, 0.2) is 0 Å². The van der Waals surface area contributed by atoms with Crippen molar-refractivity contribution >= 4 is 5.97 Å². The minimum absolute atomic E-state index is 0.281. The van der Waals surface area contributed by atoms with Gasteiger partial charge in [-0.25, -0.2) is 4.79 Å². The van der Waals surface area contributed by atoms with Crippen molar-refractivity contribution in [3.63, 3.8) is 0 Å². The summed E-state index contributed by atoms with van der Waals surface area (Å²) in [6.45, 7) is 8.49. The van der Waals surface area contributed by atoms with E-state index >= 15 is 0 Å². The van der Waals surface area contributed by atoms with Gasteiger partial charge < -0.3 is 15.2 Å². The van der Waals surface area contributed by atoms with Gasteiger partial charge in [-0.1, -0.05) is 20.3 Å². The van der Waals surface area contributed by atoms with Gasteiger partial charge in [0, 0.05) is 5.54 Å². The van der Waals surface area contributed by atoms with Crippen molar-refractivity contribution in [1.82, 2.24) is 0 Å². The first kappa shape index (κ1) is 15.4. The SMILES string of the molecule is CCCC(OCC(C)(N)CC)C(=O)OCC.